The standard InChI is InChI=1S/C12H21BrN2OS/c1-16-9-10(3-2-7-14)15-8-6-11-4-5-12(13)17-11/h4-5,10,15H,2-3,6-9,14H2,1H3. The molecule has 0 amide bonds. The molecule has 17 heavy (non-hydrogen) atoms. The second-order valence-electron chi connectivity index (χ2n) is 3.99. The number of ether oxygens (including phenoxy) is 1. The molecule has 1 heterocycles. The van der Waals surface area contributed by atoms with Crippen LogP contribution in [0.5, 0.6) is 0 Å². The van der Waals surface area contributed by atoms with Crippen LogP contribution in [0.25, 0.3) is 0 Å². The Morgan fingerprint density at radius 3 is 2.94 bits per heavy atom. The third-order valence-corrected chi connectivity index (χ3v) is 4.24. The quantitative estimate of drug-likeness (QED) is 0.734. The number of hydrogen-bond donors (Lipinski definition) is 2. The number of hydrogen-bond acceptors (Lipinski definition) is 4. The molecule has 0 saturated heterocycles. The van der Waals surface area contributed by atoms with Crippen molar-refractivity contribution in [3.05, 3.63) is 20.8 Å². The van der Waals surface area contributed by atoms with Crippen LogP contribution in [0.1, 0.15) is 17.7 Å². The van der Waals surface area contributed by atoms with E-state index < -0.39 is 0 Å². The van der Waals surface area contributed by atoms with E-state index in [0.29, 0.717) is 6.04 Å². The topological polar surface area (TPSA) is 47.3 Å². The van der Waals surface area contributed by atoms with Gasteiger partial charge in [0.1, 0.15) is 0 Å². The highest BCUT2D eigenvalue weighted by molar-refractivity contribution is 9.11. The molecule has 1 atom stereocenters. The van der Waals surface area contributed by atoms with Crippen LogP contribution in [0.3, 0.4) is 0 Å². The average Bonchev–Trinajstić information content (AvgIpc) is 2.72. The smallest absolute Gasteiger partial charge is 0.0701 e. The first kappa shape index (κ1) is 15.1. The maximum absolute atomic E-state index is 5.52. The third-order valence-electron chi connectivity index (χ3n) is 2.56. The molecule has 1 aromatic heterocycles. The predicted octanol–water partition coefficient (Wildman–Crippen LogP) is 2.40. The van der Waals surface area contributed by atoms with Crippen molar-refractivity contribution < 1.29 is 4.74 Å². The SMILES string of the molecule is COCC(CCCN)NCCc1ccc(Br)s1. The molecule has 1 aromatic rings. The highest BCUT2D eigenvalue weighted by atomic mass is 79.9. The van der Waals surface area contributed by atoms with Gasteiger partial charge in [-0.25, -0.2) is 0 Å². The molecule has 0 fully saturated rings. The van der Waals surface area contributed by atoms with E-state index in [1.807, 2.05) is 0 Å². The number of methoxy groups -OCH3 is 1. The van der Waals surface area contributed by atoms with Crippen LogP contribution in [0.4, 0.5) is 0 Å². The van der Waals surface area contributed by atoms with E-state index in [1.54, 1.807) is 18.4 Å². The monoisotopic (exact) mass is 320 g/mol. The molecular formula is C12H21BrN2OS. The summed E-state index contributed by atoms with van der Waals surface area (Å²) < 4.78 is 6.40. The summed E-state index contributed by atoms with van der Waals surface area (Å²) in [6, 6.07) is 4.69. The summed E-state index contributed by atoms with van der Waals surface area (Å²) in [6.45, 7) is 2.50. The summed E-state index contributed by atoms with van der Waals surface area (Å²) in [5.74, 6) is 0. The van der Waals surface area contributed by atoms with E-state index in [1.165, 1.54) is 8.66 Å². The average molecular weight is 321 g/mol. The molecule has 0 aliphatic carbocycles. The van der Waals surface area contributed by atoms with Gasteiger partial charge < -0.3 is 15.8 Å². The van der Waals surface area contributed by atoms with Gasteiger partial charge in [-0.1, -0.05) is 0 Å². The fourth-order valence-electron chi connectivity index (χ4n) is 1.70. The summed E-state index contributed by atoms with van der Waals surface area (Å²) >= 11 is 5.27. The number of nitrogens with one attached hydrogen (secondary N) is 1. The molecule has 0 saturated carbocycles. The molecule has 0 aromatic carbocycles. The van der Waals surface area contributed by atoms with Gasteiger partial charge >= 0.3 is 0 Å². The van der Waals surface area contributed by atoms with Gasteiger partial charge in [-0.05, 0) is 53.9 Å². The number of thiophene rings is 1. The maximum Gasteiger partial charge on any atom is 0.0701 e. The lowest BCUT2D eigenvalue weighted by atomic mass is 10.1. The van der Waals surface area contributed by atoms with Crippen LogP contribution in [0.15, 0.2) is 15.9 Å². The van der Waals surface area contributed by atoms with E-state index in [0.717, 1.165) is 39.0 Å². The largest absolute Gasteiger partial charge is 0.383 e. The van der Waals surface area contributed by atoms with Gasteiger partial charge in [-0.2, -0.15) is 0 Å². The van der Waals surface area contributed by atoms with Gasteiger partial charge in [0.05, 0.1) is 10.4 Å². The molecule has 1 rings (SSSR count). The molecule has 0 spiro atoms. The first-order chi connectivity index (χ1) is 8.26. The summed E-state index contributed by atoms with van der Waals surface area (Å²) in [5.41, 5.74) is 5.52. The van der Waals surface area contributed by atoms with Crippen molar-refractivity contribution in [2.24, 2.45) is 5.73 Å². The molecule has 3 N–H and O–H groups in total. The van der Waals surface area contributed by atoms with Crippen molar-refractivity contribution in [1.29, 1.82) is 0 Å². The highest BCUT2D eigenvalue weighted by Gasteiger charge is 2.07. The molecule has 0 bridgehead atoms. The lowest BCUT2D eigenvalue weighted by Crippen LogP contribution is -2.35. The molecule has 0 aliphatic rings. The van der Waals surface area contributed by atoms with Crippen molar-refractivity contribution in [2.75, 3.05) is 26.8 Å². The van der Waals surface area contributed by atoms with Crippen LogP contribution in [-0.2, 0) is 11.2 Å². The molecule has 0 radical (unpaired) electrons. The second-order valence-corrected chi connectivity index (χ2v) is 6.54. The van der Waals surface area contributed by atoms with Crippen LogP contribution in [-0.4, -0.2) is 32.8 Å². The molecule has 0 aliphatic heterocycles. The van der Waals surface area contributed by atoms with E-state index in [4.69, 9.17) is 10.5 Å². The zero-order valence-electron chi connectivity index (χ0n) is 10.2. The minimum atomic E-state index is 0.423. The Hall–Kier alpha value is 0.0600. The Morgan fingerprint density at radius 2 is 2.35 bits per heavy atom. The molecule has 1 unspecified atom stereocenters. The van der Waals surface area contributed by atoms with Crippen LogP contribution >= 0.6 is 27.3 Å². The highest BCUT2D eigenvalue weighted by Crippen LogP contribution is 2.22. The van der Waals surface area contributed by atoms with Gasteiger partial charge in [0.25, 0.3) is 0 Å². The van der Waals surface area contributed by atoms with Crippen LogP contribution in [0.2, 0.25) is 0 Å². The summed E-state index contributed by atoms with van der Waals surface area (Å²) in [4.78, 5) is 1.40. The predicted molar refractivity (Wildman–Crippen MR) is 77.7 cm³/mol. The first-order valence-corrected chi connectivity index (χ1v) is 7.53. The Balaban J connectivity index is 2.21. The lowest BCUT2D eigenvalue weighted by Gasteiger charge is -2.17. The fraction of sp³-hybridized carbons (Fsp3) is 0.667. The van der Waals surface area contributed by atoms with Crippen molar-refractivity contribution in [2.45, 2.75) is 25.3 Å². The van der Waals surface area contributed by atoms with E-state index in [-0.39, 0.29) is 0 Å². The Labute approximate surface area is 116 Å². The van der Waals surface area contributed by atoms with Gasteiger partial charge in [-0.15, -0.1) is 11.3 Å². The van der Waals surface area contributed by atoms with Gasteiger partial charge in [0.15, 0.2) is 0 Å². The molecule has 98 valence electrons. The Kier molecular flexibility index (Phi) is 8.05. The Bertz CT molecular complexity index is 306. The van der Waals surface area contributed by atoms with Gasteiger partial charge in [0, 0.05) is 24.6 Å². The molecule has 3 nitrogen and oxygen atoms in total. The van der Waals surface area contributed by atoms with E-state index >= 15 is 0 Å². The molecule has 5 heteroatoms. The van der Waals surface area contributed by atoms with Gasteiger partial charge in [-0.3, -0.25) is 0 Å². The minimum Gasteiger partial charge on any atom is -0.383 e. The van der Waals surface area contributed by atoms with Crippen molar-refractivity contribution >= 4 is 27.3 Å². The van der Waals surface area contributed by atoms with Crippen LogP contribution < -0.4 is 11.1 Å². The van der Waals surface area contributed by atoms with Crippen LogP contribution in [0, 0.1) is 0 Å². The second kappa shape index (κ2) is 9.05. The first-order valence-electron chi connectivity index (χ1n) is 5.93. The number of halogens is 1. The maximum atomic E-state index is 5.52. The fourth-order valence-corrected chi connectivity index (χ4v) is 3.18. The van der Waals surface area contributed by atoms with Gasteiger partial charge in [0.2, 0.25) is 0 Å². The number of rotatable bonds is 9. The zero-order valence-corrected chi connectivity index (χ0v) is 12.6. The summed E-state index contributed by atoms with van der Waals surface area (Å²) in [7, 11) is 1.74. The lowest BCUT2D eigenvalue weighted by molar-refractivity contribution is 0.162. The van der Waals surface area contributed by atoms with Crippen molar-refractivity contribution in [3.8, 4) is 0 Å². The summed E-state index contributed by atoms with van der Waals surface area (Å²) in [6.07, 6.45) is 3.20. The minimum absolute atomic E-state index is 0.423. The third kappa shape index (κ3) is 6.52. The van der Waals surface area contributed by atoms with Crippen molar-refractivity contribution in [3.63, 3.8) is 0 Å². The van der Waals surface area contributed by atoms with E-state index in [2.05, 4.69) is 33.4 Å². The Morgan fingerprint density at radius 1 is 1.53 bits per heavy atom. The molecular weight excluding hydrogens is 300 g/mol. The normalized spacial score (nSPS) is 12.9. The van der Waals surface area contributed by atoms with E-state index in [9.17, 15) is 0 Å². The van der Waals surface area contributed by atoms with Crippen molar-refractivity contribution in [1.82, 2.24) is 5.32 Å². The summed E-state index contributed by atoms with van der Waals surface area (Å²) in [5, 5.41) is 3.52. The number of nitrogens with two attached hydrogens (primary N) is 1. The zero-order chi connectivity index (χ0) is 12.5.